The zero-order valence-electron chi connectivity index (χ0n) is 13.5. The zero-order chi connectivity index (χ0) is 16.2. The van der Waals surface area contributed by atoms with Crippen LogP contribution in [0.15, 0.2) is 41.0 Å². The number of nitrogens with zero attached hydrogens (tertiary/aromatic N) is 1. The maximum Gasteiger partial charge on any atom is 0.224 e. The lowest BCUT2D eigenvalue weighted by atomic mass is 10.1. The van der Waals surface area contributed by atoms with Crippen molar-refractivity contribution in [3.8, 4) is 5.75 Å². The van der Waals surface area contributed by atoms with Crippen LogP contribution in [0.2, 0.25) is 0 Å². The summed E-state index contributed by atoms with van der Waals surface area (Å²) in [6, 6.07) is 9.80. The lowest BCUT2D eigenvalue weighted by molar-refractivity contribution is -0.120. The van der Waals surface area contributed by atoms with Crippen LogP contribution in [0.4, 0.5) is 0 Å². The topological polar surface area (TPSA) is 54.7 Å². The molecule has 0 aliphatic carbocycles. The Hall–Kier alpha value is -2.27. The van der Waals surface area contributed by atoms with E-state index >= 15 is 0 Å². The quantitative estimate of drug-likeness (QED) is 0.888. The molecule has 1 amide bonds. The Labute approximate surface area is 136 Å². The molecular weight excluding hydrogens is 292 g/mol. The molecule has 0 radical (unpaired) electrons. The molecule has 2 heterocycles. The monoisotopic (exact) mass is 314 g/mol. The van der Waals surface area contributed by atoms with Crippen molar-refractivity contribution in [2.75, 3.05) is 27.2 Å². The average molecular weight is 314 g/mol. The Bertz CT molecular complexity index is 665. The van der Waals surface area contributed by atoms with E-state index in [0.717, 1.165) is 30.1 Å². The van der Waals surface area contributed by atoms with Crippen molar-refractivity contribution in [3.63, 3.8) is 0 Å². The van der Waals surface area contributed by atoms with E-state index in [4.69, 9.17) is 9.15 Å². The van der Waals surface area contributed by atoms with Gasteiger partial charge in [0.15, 0.2) is 0 Å². The van der Waals surface area contributed by atoms with Crippen LogP contribution in [0.1, 0.15) is 22.9 Å². The number of rotatable bonds is 6. The molecule has 5 heteroatoms. The fourth-order valence-electron chi connectivity index (χ4n) is 2.83. The minimum Gasteiger partial charge on any atom is -0.493 e. The second-order valence-electron chi connectivity index (χ2n) is 6.02. The molecular formula is C18H22N2O3. The average Bonchev–Trinajstić information content (AvgIpc) is 3.17. The summed E-state index contributed by atoms with van der Waals surface area (Å²) in [5.41, 5.74) is 2.21. The largest absolute Gasteiger partial charge is 0.493 e. The highest BCUT2D eigenvalue weighted by Gasteiger charge is 2.18. The number of carbonyl (C=O) groups is 1. The van der Waals surface area contributed by atoms with E-state index < -0.39 is 0 Å². The molecule has 23 heavy (non-hydrogen) atoms. The molecule has 1 aromatic heterocycles. The van der Waals surface area contributed by atoms with E-state index in [-0.39, 0.29) is 11.9 Å². The molecule has 5 nitrogen and oxygen atoms in total. The van der Waals surface area contributed by atoms with E-state index in [9.17, 15) is 4.79 Å². The number of furan rings is 1. The fourth-order valence-corrected chi connectivity index (χ4v) is 2.83. The molecule has 1 aliphatic rings. The van der Waals surface area contributed by atoms with Gasteiger partial charge in [-0.05, 0) is 43.4 Å². The lowest BCUT2D eigenvalue weighted by Gasteiger charge is -2.22. The van der Waals surface area contributed by atoms with Crippen LogP contribution in [0, 0.1) is 0 Å². The lowest BCUT2D eigenvalue weighted by Crippen LogP contribution is -2.35. The van der Waals surface area contributed by atoms with Gasteiger partial charge in [0.05, 0.1) is 25.3 Å². The Balaban J connectivity index is 1.57. The van der Waals surface area contributed by atoms with Crippen LogP contribution in [-0.4, -0.2) is 38.1 Å². The summed E-state index contributed by atoms with van der Waals surface area (Å²) >= 11 is 0. The van der Waals surface area contributed by atoms with Gasteiger partial charge in [-0.2, -0.15) is 0 Å². The molecule has 1 N–H and O–H groups in total. The van der Waals surface area contributed by atoms with Crippen molar-refractivity contribution >= 4 is 5.91 Å². The van der Waals surface area contributed by atoms with Crippen molar-refractivity contribution in [1.29, 1.82) is 0 Å². The Morgan fingerprint density at radius 1 is 1.35 bits per heavy atom. The van der Waals surface area contributed by atoms with Crippen molar-refractivity contribution in [1.82, 2.24) is 10.2 Å². The van der Waals surface area contributed by atoms with Gasteiger partial charge in [-0.25, -0.2) is 0 Å². The van der Waals surface area contributed by atoms with Crippen LogP contribution in [0.25, 0.3) is 0 Å². The maximum atomic E-state index is 12.2. The highest BCUT2D eigenvalue weighted by atomic mass is 16.5. The van der Waals surface area contributed by atoms with E-state index in [2.05, 4.69) is 11.4 Å². The van der Waals surface area contributed by atoms with Crippen molar-refractivity contribution in [2.24, 2.45) is 0 Å². The van der Waals surface area contributed by atoms with E-state index in [1.807, 2.05) is 43.3 Å². The zero-order valence-corrected chi connectivity index (χ0v) is 13.5. The summed E-state index contributed by atoms with van der Waals surface area (Å²) in [7, 11) is 3.94. The van der Waals surface area contributed by atoms with Gasteiger partial charge in [0.2, 0.25) is 5.91 Å². The molecule has 0 saturated carbocycles. The summed E-state index contributed by atoms with van der Waals surface area (Å²) < 4.78 is 10.9. The molecule has 2 aromatic rings. The summed E-state index contributed by atoms with van der Waals surface area (Å²) in [5, 5.41) is 3.00. The Kier molecular flexibility index (Phi) is 4.67. The summed E-state index contributed by atoms with van der Waals surface area (Å²) in [5.74, 6) is 1.81. The number of ether oxygens (including phenoxy) is 1. The van der Waals surface area contributed by atoms with Crippen LogP contribution in [0.3, 0.4) is 0 Å². The molecule has 1 atom stereocenters. The number of benzene rings is 1. The van der Waals surface area contributed by atoms with Gasteiger partial charge in [0.25, 0.3) is 0 Å². The smallest absolute Gasteiger partial charge is 0.224 e. The minimum atomic E-state index is 0.0160. The van der Waals surface area contributed by atoms with Crippen LogP contribution < -0.4 is 10.1 Å². The normalized spacial score (nSPS) is 14.4. The number of hydrogen-bond donors (Lipinski definition) is 1. The summed E-state index contributed by atoms with van der Waals surface area (Å²) in [6.07, 6.45) is 2.96. The van der Waals surface area contributed by atoms with Crippen LogP contribution in [0.5, 0.6) is 5.75 Å². The second-order valence-corrected chi connectivity index (χ2v) is 6.02. The van der Waals surface area contributed by atoms with Gasteiger partial charge >= 0.3 is 0 Å². The standard InChI is InChI=1S/C18H22N2O3/c1-20(2)15(17-4-3-8-22-17)12-19-18(21)11-13-5-6-16-14(10-13)7-9-23-16/h3-6,8,10,15H,7,9,11-12H2,1-2H3,(H,19,21). The molecule has 3 rings (SSSR count). The molecule has 0 saturated heterocycles. The summed E-state index contributed by atoms with van der Waals surface area (Å²) in [6.45, 7) is 1.26. The first kappa shape index (κ1) is 15.6. The molecule has 1 unspecified atom stereocenters. The van der Waals surface area contributed by atoms with Crippen LogP contribution >= 0.6 is 0 Å². The SMILES string of the molecule is CN(C)C(CNC(=O)Cc1ccc2c(c1)CCO2)c1ccco1. The number of likely N-dealkylation sites (N-methyl/N-ethyl adjacent to an activating group) is 1. The van der Waals surface area contributed by atoms with Gasteiger partial charge in [0.1, 0.15) is 11.5 Å². The van der Waals surface area contributed by atoms with E-state index in [1.54, 1.807) is 6.26 Å². The Morgan fingerprint density at radius 2 is 2.22 bits per heavy atom. The van der Waals surface area contributed by atoms with Crippen molar-refractivity contribution in [3.05, 3.63) is 53.5 Å². The molecule has 1 aliphatic heterocycles. The van der Waals surface area contributed by atoms with Gasteiger partial charge in [-0.1, -0.05) is 12.1 Å². The van der Waals surface area contributed by atoms with E-state index in [1.165, 1.54) is 5.56 Å². The van der Waals surface area contributed by atoms with Gasteiger partial charge in [-0.15, -0.1) is 0 Å². The predicted molar refractivity (Wildman–Crippen MR) is 87.5 cm³/mol. The molecule has 122 valence electrons. The molecule has 0 spiro atoms. The Morgan fingerprint density at radius 3 is 2.96 bits per heavy atom. The molecule has 1 aromatic carbocycles. The first-order valence-corrected chi connectivity index (χ1v) is 7.84. The minimum absolute atomic E-state index is 0.0160. The van der Waals surface area contributed by atoms with Gasteiger partial charge < -0.3 is 14.5 Å². The van der Waals surface area contributed by atoms with Crippen LogP contribution in [-0.2, 0) is 17.6 Å². The number of carbonyl (C=O) groups excluding carboxylic acids is 1. The van der Waals surface area contributed by atoms with Crippen molar-refractivity contribution in [2.45, 2.75) is 18.9 Å². The van der Waals surface area contributed by atoms with Gasteiger partial charge in [-0.3, -0.25) is 9.69 Å². The van der Waals surface area contributed by atoms with Crippen molar-refractivity contribution < 1.29 is 13.9 Å². The predicted octanol–water partition coefficient (Wildman–Crippen LogP) is 2.18. The number of fused-ring (bicyclic) bond motifs is 1. The number of amides is 1. The second kappa shape index (κ2) is 6.87. The highest BCUT2D eigenvalue weighted by Crippen LogP contribution is 2.26. The summed E-state index contributed by atoms with van der Waals surface area (Å²) in [4.78, 5) is 14.3. The van der Waals surface area contributed by atoms with E-state index in [0.29, 0.717) is 13.0 Å². The molecule has 0 bridgehead atoms. The maximum absolute atomic E-state index is 12.2. The molecule has 0 fully saturated rings. The highest BCUT2D eigenvalue weighted by molar-refractivity contribution is 5.78. The van der Waals surface area contributed by atoms with Gasteiger partial charge in [0, 0.05) is 13.0 Å². The third-order valence-electron chi connectivity index (χ3n) is 4.11. The number of hydrogen-bond acceptors (Lipinski definition) is 4. The first-order chi connectivity index (χ1) is 11.1. The third kappa shape index (κ3) is 3.74. The first-order valence-electron chi connectivity index (χ1n) is 7.84. The fraction of sp³-hybridized carbons (Fsp3) is 0.389. The third-order valence-corrected chi connectivity index (χ3v) is 4.11. The number of nitrogens with one attached hydrogen (secondary N) is 1.